The number of fused-ring (bicyclic) bond motifs is 1. The Morgan fingerprint density at radius 3 is 2.81 bits per heavy atom. The van der Waals surface area contributed by atoms with Crippen LogP contribution in [0, 0.1) is 5.92 Å². The molecule has 1 heterocycles. The largest absolute Gasteiger partial charge is 0.343 e. The fourth-order valence-corrected chi connectivity index (χ4v) is 2.37. The number of para-hydroxylation sites is 1. The number of hydrogen-bond acceptors (Lipinski definition) is 1. The van der Waals surface area contributed by atoms with E-state index >= 15 is 0 Å². The van der Waals surface area contributed by atoms with Crippen LogP contribution in [0.5, 0.6) is 0 Å². The van der Waals surface area contributed by atoms with Gasteiger partial charge in [-0.1, -0.05) is 18.2 Å². The lowest BCUT2D eigenvalue weighted by atomic mass is 10.2. The molecule has 0 aliphatic heterocycles. The molecule has 16 heavy (non-hydrogen) atoms. The fourth-order valence-electron chi connectivity index (χ4n) is 2.37. The Labute approximate surface area is 96.1 Å². The first-order valence-electron chi connectivity index (χ1n) is 6.09. The lowest BCUT2D eigenvalue weighted by Gasteiger charge is -2.12. The third-order valence-corrected chi connectivity index (χ3v) is 3.45. The summed E-state index contributed by atoms with van der Waals surface area (Å²) in [6, 6.07) is 10.9. The molecule has 2 aromatic rings. The number of nitrogens with zero attached hydrogens (tertiary/aromatic N) is 1. The number of nitrogens with two attached hydrogens (primary N) is 1. The zero-order valence-electron chi connectivity index (χ0n) is 9.69. The van der Waals surface area contributed by atoms with E-state index in [1.54, 1.807) is 0 Å². The standard InChI is InChI=1S/C14H18N2/c1-10(15)14-8-12-4-2-3-5-13(12)16(14)9-11-6-7-11/h2-5,8,10-11H,6-7,9,15H2,1H3. The van der Waals surface area contributed by atoms with Gasteiger partial charge in [0.05, 0.1) is 0 Å². The molecule has 0 amide bonds. The van der Waals surface area contributed by atoms with Gasteiger partial charge in [-0.05, 0) is 43.2 Å². The van der Waals surface area contributed by atoms with Crippen LogP contribution in [0.25, 0.3) is 10.9 Å². The molecule has 2 heteroatoms. The maximum Gasteiger partial charge on any atom is 0.0483 e. The van der Waals surface area contributed by atoms with Gasteiger partial charge in [0.25, 0.3) is 0 Å². The summed E-state index contributed by atoms with van der Waals surface area (Å²) < 4.78 is 2.41. The fraction of sp³-hybridized carbons (Fsp3) is 0.429. The molecule has 0 spiro atoms. The van der Waals surface area contributed by atoms with Crippen LogP contribution in [0.2, 0.25) is 0 Å². The van der Waals surface area contributed by atoms with Crippen molar-refractivity contribution in [3.05, 3.63) is 36.0 Å². The number of hydrogen-bond donors (Lipinski definition) is 1. The molecule has 0 bridgehead atoms. The van der Waals surface area contributed by atoms with Crippen molar-refractivity contribution in [1.29, 1.82) is 0 Å². The van der Waals surface area contributed by atoms with Crippen molar-refractivity contribution < 1.29 is 0 Å². The highest BCUT2D eigenvalue weighted by Crippen LogP contribution is 2.34. The Hall–Kier alpha value is -1.28. The quantitative estimate of drug-likeness (QED) is 0.836. The van der Waals surface area contributed by atoms with Gasteiger partial charge in [0.2, 0.25) is 0 Å². The molecule has 3 rings (SSSR count). The van der Waals surface area contributed by atoms with Crippen LogP contribution in [0.1, 0.15) is 31.5 Å². The highest BCUT2D eigenvalue weighted by molar-refractivity contribution is 5.81. The molecule has 1 aliphatic carbocycles. The van der Waals surface area contributed by atoms with Crippen molar-refractivity contribution in [3.8, 4) is 0 Å². The summed E-state index contributed by atoms with van der Waals surface area (Å²) in [4.78, 5) is 0. The number of rotatable bonds is 3. The normalized spacial score (nSPS) is 17.9. The summed E-state index contributed by atoms with van der Waals surface area (Å²) in [6.45, 7) is 3.21. The third-order valence-electron chi connectivity index (χ3n) is 3.45. The Bertz CT molecular complexity index is 506. The first-order chi connectivity index (χ1) is 7.75. The smallest absolute Gasteiger partial charge is 0.0483 e. The third kappa shape index (κ3) is 1.63. The van der Waals surface area contributed by atoms with Gasteiger partial charge in [0.1, 0.15) is 0 Å². The molecule has 0 radical (unpaired) electrons. The van der Waals surface area contributed by atoms with Crippen molar-refractivity contribution in [2.45, 2.75) is 32.4 Å². The Balaban J connectivity index is 2.14. The molecule has 1 aliphatic rings. The van der Waals surface area contributed by atoms with E-state index in [2.05, 4.69) is 41.8 Å². The summed E-state index contributed by atoms with van der Waals surface area (Å²) in [5.41, 5.74) is 8.66. The van der Waals surface area contributed by atoms with Gasteiger partial charge in [0.15, 0.2) is 0 Å². The Kier molecular flexibility index (Phi) is 2.25. The average molecular weight is 214 g/mol. The summed E-state index contributed by atoms with van der Waals surface area (Å²) in [7, 11) is 0. The van der Waals surface area contributed by atoms with Gasteiger partial charge < -0.3 is 10.3 Å². The van der Waals surface area contributed by atoms with Gasteiger partial charge in [-0.3, -0.25) is 0 Å². The van der Waals surface area contributed by atoms with Crippen LogP contribution in [-0.4, -0.2) is 4.57 Å². The first kappa shape index (κ1) is 9.91. The molecule has 1 aromatic carbocycles. The van der Waals surface area contributed by atoms with Crippen LogP contribution >= 0.6 is 0 Å². The van der Waals surface area contributed by atoms with Crippen LogP contribution in [0.3, 0.4) is 0 Å². The zero-order valence-corrected chi connectivity index (χ0v) is 9.69. The highest BCUT2D eigenvalue weighted by atomic mass is 15.0. The summed E-state index contributed by atoms with van der Waals surface area (Å²) in [5.74, 6) is 0.883. The first-order valence-corrected chi connectivity index (χ1v) is 6.09. The van der Waals surface area contributed by atoms with E-state index in [1.165, 1.54) is 29.4 Å². The molecule has 2 nitrogen and oxygen atoms in total. The van der Waals surface area contributed by atoms with Crippen molar-refractivity contribution in [1.82, 2.24) is 4.57 Å². The van der Waals surface area contributed by atoms with Crippen LogP contribution in [-0.2, 0) is 6.54 Å². The molecular formula is C14H18N2. The van der Waals surface area contributed by atoms with Crippen LogP contribution < -0.4 is 5.73 Å². The van der Waals surface area contributed by atoms with Gasteiger partial charge in [0, 0.05) is 23.8 Å². The van der Waals surface area contributed by atoms with Gasteiger partial charge in [-0.25, -0.2) is 0 Å². The average Bonchev–Trinajstić information content (AvgIpc) is 3.00. The lowest BCUT2D eigenvalue weighted by Crippen LogP contribution is -2.13. The minimum absolute atomic E-state index is 0.117. The molecule has 1 fully saturated rings. The van der Waals surface area contributed by atoms with Crippen molar-refractivity contribution in [2.75, 3.05) is 0 Å². The Morgan fingerprint density at radius 1 is 1.38 bits per heavy atom. The maximum atomic E-state index is 6.05. The SMILES string of the molecule is CC(N)c1cc2ccccc2n1CC1CC1. The highest BCUT2D eigenvalue weighted by Gasteiger charge is 2.24. The van der Waals surface area contributed by atoms with E-state index in [9.17, 15) is 0 Å². The van der Waals surface area contributed by atoms with E-state index in [0.717, 1.165) is 12.5 Å². The number of benzene rings is 1. The van der Waals surface area contributed by atoms with Gasteiger partial charge in [-0.2, -0.15) is 0 Å². The Morgan fingerprint density at radius 2 is 2.12 bits per heavy atom. The predicted molar refractivity (Wildman–Crippen MR) is 67.3 cm³/mol. The molecular weight excluding hydrogens is 196 g/mol. The monoisotopic (exact) mass is 214 g/mol. The molecule has 84 valence electrons. The molecule has 2 N–H and O–H groups in total. The van der Waals surface area contributed by atoms with Crippen molar-refractivity contribution in [2.24, 2.45) is 11.7 Å². The predicted octanol–water partition coefficient (Wildman–Crippen LogP) is 3.07. The lowest BCUT2D eigenvalue weighted by molar-refractivity contribution is 0.595. The van der Waals surface area contributed by atoms with Gasteiger partial charge in [-0.15, -0.1) is 0 Å². The second-order valence-electron chi connectivity index (χ2n) is 4.97. The van der Waals surface area contributed by atoms with E-state index in [1.807, 2.05) is 0 Å². The minimum Gasteiger partial charge on any atom is -0.343 e. The second-order valence-corrected chi connectivity index (χ2v) is 4.97. The van der Waals surface area contributed by atoms with E-state index in [4.69, 9.17) is 5.73 Å². The maximum absolute atomic E-state index is 6.05. The molecule has 1 saturated carbocycles. The van der Waals surface area contributed by atoms with E-state index < -0.39 is 0 Å². The van der Waals surface area contributed by atoms with E-state index in [-0.39, 0.29) is 6.04 Å². The topological polar surface area (TPSA) is 30.9 Å². The molecule has 1 aromatic heterocycles. The summed E-state index contributed by atoms with van der Waals surface area (Å²) in [5, 5.41) is 1.32. The number of aromatic nitrogens is 1. The molecule has 1 atom stereocenters. The van der Waals surface area contributed by atoms with Crippen molar-refractivity contribution >= 4 is 10.9 Å². The minimum atomic E-state index is 0.117. The molecule has 0 saturated heterocycles. The van der Waals surface area contributed by atoms with E-state index in [0.29, 0.717) is 0 Å². The van der Waals surface area contributed by atoms with Gasteiger partial charge >= 0.3 is 0 Å². The molecule has 1 unspecified atom stereocenters. The second kappa shape index (κ2) is 3.63. The van der Waals surface area contributed by atoms with Crippen molar-refractivity contribution in [3.63, 3.8) is 0 Å². The zero-order chi connectivity index (χ0) is 11.1. The summed E-state index contributed by atoms with van der Waals surface area (Å²) in [6.07, 6.45) is 2.76. The summed E-state index contributed by atoms with van der Waals surface area (Å²) >= 11 is 0. The van der Waals surface area contributed by atoms with Crippen LogP contribution in [0.15, 0.2) is 30.3 Å². The van der Waals surface area contributed by atoms with Crippen LogP contribution in [0.4, 0.5) is 0 Å².